The molecule has 0 spiro atoms. The van der Waals surface area contributed by atoms with Crippen LogP contribution in [-0.2, 0) is 0 Å². The first kappa shape index (κ1) is 15.8. The zero-order chi connectivity index (χ0) is 18.1. The van der Waals surface area contributed by atoms with E-state index in [1.165, 1.54) is 6.92 Å². The van der Waals surface area contributed by atoms with Crippen molar-refractivity contribution < 1.29 is 14.3 Å². The van der Waals surface area contributed by atoms with Gasteiger partial charge in [0.05, 0.1) is 11.4 Å². The normalized spacial score (nSPS) is 12.7. The van der Waals surface area contributed by atoms with Crippen LogP contribution >= 0.6 is 0 Å². The van der Waals surface area contributed by atoms with Gasteiger partial charge in [-0.05, 0) is 37.3 Å². The van der Waals surface area contributed by atoms with Gasteiger partial charge in [-0.3, -0.25) is 19.8 Å². The highest BCUT2D eigenvalue weighted by Gasteiger charge is 2.17. The Balaban J connectivity index is 1.70. The van der Waals surface area contributed by atoms with Crippen molar-refractivity contribution in [3.8, 4) is 22.8 Å². The van der Waals surface area contributed by atoms with Crippen LogP contribution in [0.3, 0.4) is 0 Å². The Kier molecular flexibility index (Phi) is 3.85. The van der Waals surface area contributed by atoms with Crippen molar-refractivity contribution in [2.24, 2.45) is 10.2 Å². The number of nitrogens with one attached hydrogen (secondary N) is 2. The Hall–Kier alpha value is -3.68. The summed E-state index contributed by atoms with van der Waals surface area (Å²) in [6, 6.07) is 12.1. The second-order valence-electron chi connectivity index (χ2n) is 5.68. The molecule has 0 bridgehead atoms. The minimum absolute atomic E-state index is 0.0670. The summed E-state index contributed by atoms with van der Waals surface area (Å²) < 4.78 is 10.7. The van der Waals surface area contributed by atoms with Crippen LogP contribution in [0, 0.1) is 0 Å². The number of ether oxygens (including phenoxy) is 2. The highest BCUT2D eigenvalue weighted by molar-refractivity contribution is 5.94. The third kappa shape index (κ3) is 2.88. The molecule has 0 atom stereocenters. The summed E-state index contributed by atoms with van der Waals surface area (Å²) in [4.78, 5) is 23.6. The maximum atomic E-state index is 12.1. The molecule has 1 aliphatic rings. The molecule has 0 unspecified atom stereocenters. The minimum atomic E-state index is -0.399. The zero-order valence-electron chi connectivity index (χ0n) is 13.8. The summed E-state index contributed by atoms with van der Waals surface area (Å²) in [6.45, 7) is 1.65. The summed E-state index contributed by atoms with van der Waals surface area (Å²) >= 11 is 0. The van der Waals surface area contributed by atoms with E-state index in [0.29, 0.717) is 34.0 Å². The molecule has 2 aromatic carbocycles. The molecule has 2 heterocycles. The molecule has 4 rings (SSSR count). The standard InChI is InChI=1S/C18H14N4O4/c1-10(23)11-3-2-4-13(7-11)19-21-17-16(20-22-18(17)24)12-5-6-14-15(8-12)26-9-25-14/h2-8H,9H2,1H3,(H2,20,22,24). The van der Waals surface area contributed by atoms with Crippen LogP contribution in [0.15, 0.2) is 57.5 Å². The van der Waals surface area contributed by atoms with Crippen LogP contribution in [0.2, 0.25) is 0 Å². The molecule has 3 aromatic rings. The monoisotopic (exact) mass is 350 g/mol. The van der Waals surface area contributed by atoms with Crippen LogP contribution in [-0.4, -0.2) is 22.8 Å². The third-order valence-corrected chi connectivity index (χ3v) is 3.93. The van der Waals surface area contributed by atoms with E-state index in [-0.39, 0.29) is 18.3 Å². The van der Waals surface area contributed by atoms with Crippen LogP contribution in [0.5, 0.6) is 11.5 Å². The fraction of sp³-hybridized carbons (Fsp3) is 0.111. The van der Waals surface area contributed by atoms with Crippen molar-refractivity contribution in [3.05, 3.63) is 58.4 Å². The molecule has 130 valence electrons. The number of carbonyl (C=O) groups excluding carboxylic acids is 1. The molecule has 26 heavy (non-hydrogen) atoms. The van der Waals surface area contributed by atoms with Crippen molar-refractivity contribution in [2.75, 3.05) is 6.79 Å². The van der Waals surface area contributed by atoms with Crippen molar-refractivity contribution in [1.82, 2.24) is 10.2 Å². The number of nitrogens with zero attached hydrogens (tertiary/aromatic N) is 2. The fourth-order valence-electron chi connectivity index (χ4n) is 2.60. The predicted octanol–water partition coefficient (Wildman–Crippen LogP) is 3.72. The number of carbonyl (C=O) groups is 1. The van der Waals surface area contributed by atoms with Crippen LogP contribution < -0.4 is 15.0 Å². The number of aromatic amines is 2. The molecule has 1 aliphatic heterocycles. The highest BCUT2D eigenvalue weighted by atomic mass is 16.7. The van der Waals surface area contributed by atoms with Gasteiger partial charge in [0.25, 0.3) is 5.56 Å². The van der Waals surface area contributed by atoms with Gasteiger partial charge in [-0.2, -0.15) is 5.11 Å². The summed E-state index contributed by atoms with van der Waals surface area (Å²) in [7, 11) is 0. The average molecular weight is 350 g/mol. The highest BCUT2D eigenvalue weighted by Crippen LogP contribution is 2.37. The van der Waals surface area contributed by atoms with Gasteiger partial charge in [-0.1, -0.05) is 12.1 Å². The van der Waals surface area contributed by atoms with Gasteiger partial charge in [-0.25, -0.2) is 0 Å². The molecule has 0 saturated heterocycles. The first-order valence-electron chi connectivity index (χ1n) is 7.85. The number of benzene rings is 2. The van der Waals surface area contributed by atoms with Crippen LogP contribution in [0.1, 0.15) is 17.3 Å². The van der Waals surface area contributed by atoms with Crippen molar-refractivity contribution in [3.63, 3.8) is 0 Å². The number of H-pyrrole nitrogens is 2. The van der Waals surface area contributed by atoms with Gasteiger partial charge in [0.2, 0.25) is 6.79 Å². The number of fused-ring (bicyclic) bond motifs is 1. The van der Waals surface area contributed by atoms with E-state index >= 15 is 0 Å². The van der Waals surface area contributed by atoms with Gasteiger partial charge in [0.15, 0.2) is 23.0 Å². The molecule has 0 aliphatic carbocycles. The van der Waals surface area contributed by atoms with Crippen molar-refractivity contribution >= 4 is 17.2 Å². The van der Waals surface area contributed by atoms with E-state index in [1.807, 2.05) is 0 Å². The Morgan fingerprint density at radius 3 is 2.73 bits per heavy atom. The molecule has 8 nitrogen and oxygen atoms in total. The van der Waals surface area contributed by atoms with E-state index < -0.39 is 5.56 Å². The Morgan fingerprint density at radius 2 is 1.88 bits per heavy atom. The van der Waals surface area contributed by atoms with Gasteiger partial charge >= 0.3 is 0 Å². The summed E-state index contributed by atoms with van der Waals surface area (Å²) in [5.74, 6) is 1.18. The molecule has 0 radical (unpaired) electrons. The van der Waals surface area contributed by atoms with Crippen LogP contribution in [0.25, 0.3) is 11.3 Å². The molecular weight excluding hydrogens is 336 g/mol. The number of aromatic nitrogens is 2. The van der Waals surface area contributed by atoms with Crippen molar-refractivity contribution in [2.45, 2.75) is 6.92 Å². The summed E-state index contributed by atoms with van der Waals surface area (Å²) in [6.07, 6.45) is 0. The predicted molar refractivity (Wildman–Crippen MR) is 93.6 cm³/mol. The SMILES string of the molecule is CC(=O)c1cccc(N=Nc2c(-c3ccc4c(c3)OCO4)[nH][nH]c2=O)c1. The Labute approximate surface area is 147 Å². The third-order valence-electron chi connectivity index (χ3n) is 3.93. The fourth-order valence-corrected chi connectivity index (χ4v) is 2.60. The molecule has 0 saturated carbocycles. The number of hydrogen-bond donors (Lipinski definition) is 2. The summed E-state index contributed by atoms with van der Waals surface area (Å²) in [5, 5.41) is 13.5. The maximum absolute atomic E-state index is 12.1. The second kappa shape index (κ2) is 6.32. The number of azo groups is 1. The van der Waals surface area contributed by atoms with Gasteiger partial charge < -0.3 is 9.47 Å². The van der Waals surface area contributed by atoms with E-state index in [0.717, 1.165) is 0 Å². The first-order chi connectivity index (χ1) is 12.6. The molecule has 1 aromatic heterocycles. The number of hydrogen-bond acceptors (Lipinski definition) is 6. The minimum Gasteiger partial charge on any atom is -0.454 e. The van der Waals surface area contributed by atoms with Crippen molar-refractivity contribution in [1.29, 1.82) is 0 Å². The molecule has 2 N–H and O–H groups in total. The lowest BCUT2D eigenvalue weighted by Gasteiger charge is -2.01. The quantitative estimate of drug-likeness (QED) is 0.552. The first-order valence-corrected chi connectivity index (χ1v) is 7.85. The van der Waals surface area contributed by atoms with E-state index in [1.54, 1.807) is 42.5 Å². The van der Waals surface area contributed by atoms with E-state index in [2.05, 4.69) is 20.4 Å². The van der Waals surface area contributed by atoms with Gasteiger partial charge in [0, 0.05) is 11.1 Å². The maximum Gasteiger partial charge on any atom is 0.292 e. The largest absolute Gasteiger partial charge is 0.454 e. The second-order valence-corrected chi connectivity index (χ2v) is 5.68. The van der Waals surface area contributed by atoms with E-state index in [9.17, 15) is 9.59 Å². The Morgan fingerprint density at radius 1 is 1.04 bits per heavy atom. The molecular formula is C18H14N4O4. The summed E-state index contributed by atoms with van der Waals surface area (Å²) in [5.41, 5.74) is 1.94. The Bertz CT molecular complexity index is 1080. The number of rotatable bonds is 4. The number of Topliss-reactive ketones (excluding diaryl/α,β-unsaturated/α-hetero) is 1. The number of ketones is 1. The van der Waals surface area contributed by atoms with E-state index in [4.69, 9.17) is 9.47 Å². The lowest BCUT2D eigenvalue weighted by Crippen LogP contribution is -1.96. The van der Waals surface area contributed by atoms with Gasteiger partial charge in [-0.15, -0.1) is 5.11 Å². The van der Waals surface area contributed by atoms with Gasteiger partial charge in [0.1, 0.15) is 0 Å². The average Bonchev–Trinajstić information content (AvgIpc) is 3.26. The van der Waals surface area contributed by atoms with Crippen LogP contribution in [0.4, 0.5) is 11.4 Å². The lowest BCUT2D eigenvalue weighted by atomic mass is 10.1. The molecule has 0 amide bonds. The molecule has 0 fully saturated rings. The lowest BCUT2D eigenvalue weighted by molar-refractivity contribution is 0.101. The molecule has 8 heteroatoms. The smallest absolute Gasteiger partial charge is 0.292 e. The zero-order valence-corrected chi connectivity index (χ0v) is 13.8. The topological polar surface area (TPSA) is 109 Å².